The minimum Gasteiger partial charge on any atom is -0.366 e. The number of hydrogen-bond donors (Lipinski definition) is 0. The molecule has 0 N–H and O–H groups in total. The number of ether oxygens (including phenoxy) is 1. The molecule has 0 saturated carbocycles. The molecule has 0 bridgehead atoms. The van der Waals surface area contributed by atoms with Crippen molar-refractivity contribution in [2.24, 2.45) is 0 Å². The highest BCUT2D eigenvalue weighted by Gasteiger charge is 2.31. The second kappa shape index (κ2) is 7.73. The number of benzene rings is 1. The first kappa shape index (κ1) is 16.9. The highest BCUT2D eigenvalue weighted by atomic mass is 19.1. The lowest BCUT2D eigenvalue weighted by atomic mass is 10.1. The van der Waals surface area contributed by atoms with Crippen LogP contribution in [0.5, 0.6) is 0 Å². The van der Waals surface area contributed by atoms with Crippen LogP contribution < -0.4 is 0 Å². The molecular weight excluding hydrogens is 309 g/mol. The summed E-state index contributed by atoms with van der Waals surface area (Å²) in [5.74, 6) is -0.320. The van der Waals surface area contributed by atoms with E-state index in [-0.39, 0.29) is 11.7 Å². The van der Waals surface area contributed by atoms with Crippen LogP contribution in [0, 0.1) is 17.1 Å². The predicted octanol–water partition coefficient (Wildman–Crippen LogP) is 1.91. The first-order chi connectivity index (χ1) is 11.7. The molecule has 128 valence electrons. The van der Waals surface area contributed by atoms with E-state index in [1.165, 1.54) is 12.5 Å². The zero-order chi connectivity index (χ0) is 16.9. The second-order valence-corrected chi connectivity index (χ2v) is 6.40. The quantitative estimate of drug-likeness (QED) is 0.849. The van der Waals surface area contributed by atoms with Gasteiger partial charge >= 0.3 is 0 Å². The summed E-state index contributed by atoms with van der Waals surface area (Å²) in [5, 5.41) is 8.81. The maximum absolute atomic E-state index is 14.1. The van der Waals surface area contributed by atoms with Gasteiger partial charge in [0.1, 0.15) is 11.9 Å². The summed E-state index contributed by atoms with van der Waals surface area (Å²) < 4.78 is 19.7. The largest absolute Gasteiger partial charge is 0.366 e. The fourth-order valence-corrected chi connectivity index (χ4v) is 3.30. The Hall–Kier alpha value is -1.97. The van der Waals surface area contributed by atoms with Crippen molar-refractivity contribution in [1.82, 2.24) is 9.80 Å². The van der Waals surface area contributed by atoms with Crippen LogP contribution in [-0.2, 0) is 16.1 Å². The first-order valence-electron chi connectivity index (χ1n) is 8.48. The van der Waals surface area contributed by atoms with Gasteiger partial charge in [0.05, 0.1) is 18.2 Å². The van der Waals surface area contributed by atoms with Gasteiger partial charge in [-0.05, 0) is 31.4 Å². The van der Waals surface area contributed by atoms with E-state index in [9.17, 15) is 9.18 Å². The Morgan fingerprint density at radius 2 is 2.08 bits per heavy atom. The molecule has 2 aliphatic rings. The molecule has 1 aromatic carbocycles. The van der Waals surface area contributed by atoms with Crippen LogP contribution >= 0.6 is 0 Å². The Kier molecular flexibility index (Phi) is 5.44. The van der Waals surface area contributed by atoms with Crippen LogP contribution in [0.3, 0.4) is 0 Å². The number of rotatable bonds is 3. The highest BCUT2D eigenvalue weighted by molar-refractivity contribution is 5.81. The summed E-state index contributed by atoms with van der Waals surface area (Å²) in [7, 11) is 0. The zero-order valence-electron chi connectivity index (χ0n) is 13.7. The van der Waals surface area contributed by atoms with Gasteiger partial charge in [-0.2, -0.15) is 5.26 Å². The molecule has 2 heterocycles. The Labute approximate surface area is 141 Å². The van der Waals surface area contributed by atoms with Crippen LogP contribution in [0.1, 0.15) is 30.4 Å². The minimum absolute atomic E-state index is 0.0553. The van der Waals surface area contributed by atoms with Gasteiger partial charge in [-0.1, -0.05) is 6.07 Å². The number of nitrogens with zero attached hydrogens (tertiary/aromatic N) is 3. The van der Waals surface area contributed by atoms with Crippen LogP contribution in [-0.4, -0.2) is 54.6 Å². The third-order valence-corrected chi connectivity index (χ3v) is 4.67. The van der Waals surface area contributed by atoms with Gasteiger partial charge in [0.25, 0.3) is 5.91 Å². The molecule has 1 unspecified atom stereocenters. The lowest BCUT2D eigenvalue weighted by Crippen LogP contribution is -2.51. The van der Waals surface area contributed by atoms with Crippen molar-refractivity contribution in [1.29, 1.82) is 5.26 Å². The monoisotopic (exact) mass is 331 g/mol. The standard InChI is InChI=1S/C18H22FN3O2/c19-16-10-14(11-20)4-5-15(16)12-21-8-9-24-17(13-21)18(23)22-6-2-1-3-7-22/h4-5,10,17H,1-3,6-9,12-13H2. The third kappa shape index (κ3) is 3.92. The Morgan fingerprint density at radius 1 is 1.29 bits per heavy atom. The van der Waals surface area contributed by atoms with E-state index in [1.54, 1.807) is 12.1 Å². The van der Waals surface area contributed by atoms with Crippen molar-refractivity contribution in [2.75, 3.05) is 32.8 Å². The SMILES string of the molecule is N#Cc1ccc(CN2CCOC(C(=O)N3CCCCC3)C2)c(F)c1. The average molecular weight is 331 g/mol. The molecule has 24 heavy (non-hydrogen) atoms. The van der Waals surface area contributed by atoms with Crippen molar-refractivity contribution in [3.8, 4) is 6.07 Å². The van der Waals surface area contributed by atoms with E-state index in [0.717, 1.165) is 25.9 Å². The van der Waals surface area contributed by atoms with Crippen molar-refractivity contribution in [2.45, 2.75) is 31.9 Å². The lowest BCUT2D eigenvalue weighted by molar-refractivity contribution is -0.150. The predicted molar refractivity (Wildman–Crippen MR) is 86.6 cm³/mol. The number of amides is 1. The van der Waals surface area contributed by atoms with E-state index in [2.05, 4.69) is 0 Å². The number of hydrogen-bond acceptors (Lipinski definition) is 4. The van der Waals surface area contributed by atoms with E-state index < -0.39 is 6.10 Å². The molecule has 0 radical (unpaired) electrons. The van der Waals surface area contributed by atoms with Gasteiger partial charge in [-0.25, -0.2) is 4.39 Å². The minimum atomic E-state index is -0.460. The summed E-state index contributed by atoms with van der Waals surface area (Å²) in [6.07, 6.45) is 2.83. The van der Waals surface area contributed by atoms with Gasteiger partial charge < -0.3 is 9.64 Å². The number of likely N-dealkylation sites (tertiary alicyclic amines) is 1. The lowest BCUT2D eigenvalue weighted by Gasteiger charge is -2.36. The molecule has 0 aromatic heterocycles. The van der Waals surface area contributed by atoms with Crippen molar-refractivity contribution >= 4 is 5.91 Å². The van der Waals surface area contributed by atoms with Gasteiger partial charge in [-0.15, -0.1) is 0 Å². The molecule has 0 spiro atoms. The molecule has 0 aliphatic carbocycles. The van der Waals surface area contributed by atoms with E-state index >= 15 is 0 Å². The summed E-state index contributed by atoms with van der Waals surface area (Å²) in [6.45, 7) is 3.66. The molecule has 1 amide bonds. The number of piperidine rings is 1. The molecule has 6 heteroatoms. The molecule has 1 aromatic rings. The van der Waals surface area contributed by atoms with Crippen LogP contribution in [0.4, 0.5) is 4.39 Å². The average Bonchev–Trinajstić information content (AvgIpc) is 2.63. The maximum Gasteiger partial charge on any atom is 0.253 e. The number of carbonyl (C=O) groups excluding carboxylic acids is 1. The van der Waals surface area contributed by atoms with E-state index in [0.29, 0.717) is 37.4 Å². The van der Waals surface area contributed by atoms with Crippen LogP contribution in [0.25, 0.3) is 0 Å². The van der Waals surface area contributed by atoms with Gasteiger partial charge in [-0.3, -0.25) is 9.69 Å². The number of morpholine rings is 1. The van der Waals surface area contributed by atoms with Crippen LogP contribution in [0.2, 0.25) is 0 Å². The summed E-state index contributed by atoms with van der Waals surface area (Å²) in [5.41, 5.74) is 0.858. The van der Waals surface area contributed by atoms with Crippen molar-refractivity contribution in [3.05, 3.63) is 35.1 Å². The number of nitriles is 1. The molecule has 2 saturated heterocycles. The first-order valence-corrected chi connectivity index (χ1v) is 8.48. The number of carbonyl (C=O) groups is 1. The molecule has 3 rings (SSSR count). The smallest absolute Gasteiger partial charge is 0.253 e. The maximum atomic E-state index is 14.1. The summed E-state index contributed by atoms with van der Waals surface area (Å²) in [6, 6.07) is 6.45. The van der Waals surface area contributed by atoms with Crippen molar-refractivity contribution in [3.63, 3.8) is 0 Å². The highest BCUT2D eigenvalue weighted by Crippen LogP contribution is 2.17. The normalized spacial score (nSPS) is 22.2. The molecule has 2 aliphatic heterocycles. The Morgan fingerprint density at radius 3 is 2.79 bits per heavy atom. The molecular formula is C18H22FN3O2. The zero-order valence-corrected chi connectivity index (χ0v) is 13.7. The fraction of sp³-hybridized carbons (Fsp3) is 0.556. The van der Waals surface area contributed by atoms with Crippen molar-refractivity contribution < 1.29 is 13.9 Å². The third-order valence-electron chi connectivity index (χ3n) is 4.67. The summed E-state index contributed by atoms with van der Waals surface area (Å²) >= 11 is 0. The topological polar surface area (TPSA) is 56.6 Å². The molecule has 5 nitrogen and oxygen atoms in total. The molecule has 2 fully saturated rings. The summed E-state index contributed by atoms with van der Waals surface area (Å²) in [4.78, 5) is 16.5. The van der Waals surface area contributed by atoms with Gasteiger partial charge in [0.2, 0.25) is 0 Å². The van der Waals surface area contributed by atoms with Gasteiger partial charge in [0.15, 0.2) is 0 Å². The molecule has 1 atom stereocenters. The Balaban J connectivity index is 1.61. The second-order valence-electron chi connectivity index (χ2n) is 6.40. The van der Waals surface area contributed by atoms with Crippen LogP contribution in [0.15, 0.2) is 18.2 Å². The fourth-order valence-electron chi connectivity index (χ4n) is 3.30. The van der Waals surface area contributed by atoms with Gasteiger partial charge in [0, 0.05) is 38.3 Å². The Bertz CT molecular complexity index is 638. The van der Waals surface area contributed by atoms with E-state index in [4.69, 9.17) is 10.00 Å². The number of halogens is 1. The van der Waals surface area contributed by atoms with E-state index in [1.807, 2.05) is 15.9 Å².